The number of aryl methyl sites for hydroxylation is 4. The second kappa shape index (κ2) is 29.5. The monoisotopic (exact) mass is 1080 g/mol. The number of aromatic nitrogens is 9. The van der Waals surface area contributed by atoms with E-state index in [1.807, 2.05) is 55.1 Å². The Bertz CT molecular complexity index is 2820. The van der Waals surface area contributed by atoms with E-state index in [0.717, 1.165) is 45.6 Å². The van der Waals surface area contributed by atoms with E-state index in [0.29, 0.717) is 32.7 Å². The average molecular weight is 1080 g/mol. The second-order valence-corrected chi connectivity index (χ2v) is 18.4. The summed E-state index contributed by atoms with van der Waals surface area (Å²) in [5, 5.41) is 19.2. The zero-order valence-corrected chi connectivity index (χ0v) is 44.4. The summed E-state index contributed by atoms with van der Waals surface area (Å²) in [4.78, 5) is 48.4. The number of sulfone groups is 1. The summed E-state index contributed by atoms with van der Waals surface area (Å²) in [5.41, 5.74) is 33.1. The van der Waals surface area contributed by atoms with Gasteiger partial charge in [0.2, 0.25) is 20.9 Å². The molecule has 0 amide bonds. The smallest absolute Gasteiger partial charge is 0.662 e. The van der Waals surface area contributed by atoms with Crippen LogP contribution in [-0.4, -0.2) is 72.3 Å². The van der Waals surface area contributed by atoms with Crippen molar-refractivity contribution in [2.24, 2.45) is 0 Å². The topological polar surface area (TPSA) is 316 Å². The van der Waals surface area contributed by atoms with Crippen LogP contribution >= 0.6 is 62.8 Å². The summed E-state index contributed by atoms with van der Waals surface area (Å²) in [6.45, 7) is 8.04. The molecule has 0 fully saturated rings. The van der Waals surface area contributed by atoms with Crippen LogP contribution in [0.1, 0.15) is 29.7 Å². The third kappa shape index (κ3) is 20.7. The maximum absolute atomic E-state index is 11.3. The Morgan fingerprint density at radius 2 is 1.04 bits per heavy atom. The Kier molecular flexibility index (Phi) is 26.3. The number of carbonyl (C=O) groups is 1. The molecule has 0 saturated heterocycles. The first-order chi connectivity index (χ1) is 30.5. The summed E-state index contributed by atoms with van der Waals surface area (Å²) >= 11 is 5.59. The quantitative estimate of drug-likeness (QED) is 0.0265. The van der Waals surface area contributed by atoms with Crippen molar-refractivity contribution in [3.63, 3.8) is 0 Å². The first kappa shape index (κ1) is 59.8. The third-order valence-electron chi connectivity index (χ3n) is 7.55. The van der Waals surface area contributed by atoms with Gasteiger partial charge in [-0.1, -0.05) is 31.3 Å². The number of hydrogen-bond acceptors (Lipinski definition) is 23. The standard InChI is InChI=1S/C15H15N5S.C8H8N4O2S2.C8H8N4S2.C8H11N.CH2O3.CH4.BrH.Na/c1-9-5-10(2)7-11(6-9)18-15-17-4-3-12(20-15)13-8-21-14(16)19-13;1-16(13,14)8-10-3-2-5(12-8)6-4-15-7(9)11-6;1-13-8-10-3-2-5(12-8)6-4-14-7(9)11-6;1-6-3-7(2)5-8(9)4-6;2-1-4-3;;;/h3-8H,1-2H3,(H2,16,19)(H,17,18,20);2-4H,1H3,(H2,9,11);2-4H,1H3,(H2,9,11);3-5H,9H2,1-2H3;1,3H;1H4;1H;/q;;;;;;;+1/p-1. The van der Waals surface area contributed by atoms with Crippen LogP contribution < -0.4 is 63.1 Å². The van der Waals surface area contributed by atoms with Crippen LogP contribution in [0.15, 0.2) is 99.6 Å². The van der Waals surface area contributed by atoms with Gasteiger partial charge in [0, 0.05) is 52.4 Å². The van der Waals surface area contributed by atoms with Crippen molar-refractivity contribution in [2.75, 3.05) is 40.8 Å². The molecule has 2 aromatic carbocycles. The van der Waals surface area contributed by atoms with E-state index < -0.39 is 9.84 Å². The Balaban J connectivity index is 0.000000442. The molecular formula is C41H48BrN14NaO5S5. The second-order valence-electron chi connectivity index (χ2n) is 13.0. The van der Waals surface area contributed by atoms with Crippen LogP contribution in [0.5, 0.6) is 0 Å². The number of nitrogen functional groups attached to an aromatic ring is 4. The summed E-state index contributed by atoms with van der Waals surface area (Å²) in [5.74, 6) is 0.545. The maximum Gasteiger partial charge on any atom is 1.00 e. The number of anilines is 6. The molecule has 8 rings (SSSR count). The Hall–Kier alpha value is -5.22. The van der Waals surface area contributed by atoms with Crippen molar-refractivity contribution in [2.45, 2.75) is 45.4 Å². The number of benzene rings is 2. The molecule has 0 aliphatic rings. The van der Waals surface area contributed by atoms with Crippen molar-refractivity contribution in [1.29, 1.82) is 0 Å². The van der Waals surface area contributed by atoms with Crippen LogP contribution in [0.2, 0.25) is 0 Å². The number of thioether (sulfide) groups is 1. The minimum Gasteiger partial charge on any atom is -0.662 e. The van der Waals surface area contributed by atoms with Gasteiger partial charge >= 0.3 is 29.6 Å². The summed E-state index contributed by atoms with van der Waals surface area (Å²) in [7, 11) is -3.40. The Morgan fingerprint density at radius 1 is 0.642 bits per heavy atom. The van der Waals surface area contributed by atoms with Crippen molar-refractivity contribution >= 4 is 112 Å². The first-order valence-corrected chi connectivity index (χ1v) is 24.0. The SMILES string of the molecule is Br.C.CS(=O)(=O)c1nccc(-c2csc(N)n2)n1.CSc1nccc(-c2csc(N)n2)n1.Cc1cc(C)cc(N)c1.Cc1cc(C)cc(Nc2nccc(-c3csc(N)n3)n2)c1.O=CO[O-].[Na+]. The van der Waals surface area contributed by atoms with Gasteiger partial charge in [-0.3, -0.25) is 4.79 Å². The number of nitrogens with zero attached hydrogens (tertiary/aromatic N) is 9. The molecule has 0 saturated carbocycles. The first-order valence-electron chi connectivity index (χ1n) is 18.2. The van der Waals surface area contributed by atoms with E-state index in [-0.39, 0.29) is 65.6 Å². The van der Waals surface area contributed by atoms with Gasteiger partial charge in [-0.05, 0) is 98.7 Å². The molecular weight excluding hydrogens is 1030 g/mol. The van der Waals surface area contributed by atoms with Crippen molar-refractivity contribution in [3.05, 3.63) is 112 Å². The number of carbonyl (C=O) groups excluding carboxylic acids is 1. The van der Waals surface area contributed by atoms with E-state index >= 15 is 0 Å². The van der Waals surface area contributed by atoms with Gasteiger partial charge in [0.05, 0.1) is 17.1 Å². The number of halogens is 1. The van der Waals surface area contributed by atoms with E-state index in [9.17, 15) is 8.42 Å². The fourth-order valence-corrected chi connectivity index (χ4v) is 7.75. The maximum atomic E-state index is 11.3. The fourth-order valence-electron chi connectivity index (χ4n) is 5.21. The molecule has 0 aliphatic carbocycles. The molecule has 0 spiro atoms. The molecule has 9 N–H and O–H groups in total. The average Bonchev–Trinajstić information content (AvgIpc) is 4.02. The zero-order valence-electron chi connectivity index (χ0n) is 36.6. The van der Waals surface area contributed by atoms with E-state index in [1.165, 1.54) is 74.2 Å². The predicted molar refractivity (Wildman–Crippen MR) is 271 cm³/mol. The predicted octanol–water partition coefficient (Wildman–Crippen LogP) is 4.57. The molecule has 26 heteroatoms. The zero-order chi connectivity index (χ0) is 46.8. The number of rotatable bonds is 8. The molecule has 6 heterocycles. The summed E-state index contributed by atoms with van der Waals surface area (Å²) in [6.07, 6.45) is 7.82. The van der Waals surface area contributed by atoms with Gasteiger partial charge in [0.25, 0.3) is 6.47 Å². The number of nitrogens with two attached hydrogens (primary N) is 4. The van der Waals surface area contributed by atoms with Gasteiger partial charge in [0.15, 0.2) is 20.6 Å². The normalized spacial score (nSPS) is 9.84. The number of hydrogen-bond donors (Lipinski definition) is 5. The molecule has 6 aromatic heterocycles. The van der Waals surface area contributed by atoms with E-state index in [2.05, 4.69) is 93.2 Å². The molecule has 0 unspecified atom stereocenters. The molecule has 67 heavy (non-hydrogen) atoms. The minimum atomic E-state index is -3.40. The minimum absolute atomic E-state index is 0. The van der Waals surface area contributed by atoms with E-state index in [4.69, 9.17) is 33.0 Å². The molecule has 0 aliphatic heterocycles. The number of thiazole rings is 3. The molecule has 19 nitrogen and oxygen atoms in total. The van der Waals surface area contributed by atoms with Crippen LogP contribution in [-0.2, 0) is 19.5 Å². The molecule has 0 radical (unpaired) electrons. The van der Waals surface area contributed by atoms with Crippen LogP contribution in [0.25, 0.3) is 34.2 Å². The van der Waals surface area contributed by atoms with Gasteiger partial charge < -0.3 is 38.4 Å². The third-order valence-corrected chi connectivity index (χ3v) is 11.0. The number of nitrogens with one attached hydrogen (secondary N) is 1. The van der Waals surface area contributed by atoms with Gasteiger partial charge in [-0.2, -0.15) is 0 Å². The van der Waals surface area contributed by atoms with Gasteiger partial charge in [-0.25, -0.2) is 53.3 Å². The molecule has 0 atom stereocenters. The van der Waals surface area contributed by atoms with Gasteiger partial charge in [-0.15, -0.1) is 51.0 Å². The summed E-state index contributed by atoms with van der Waals surface area (Å²) < 4.78 is 22.5. The Morgan fingerprint density at radius 3 is 1.43 bits per heavy atom. The summed E-state index contributed by atoms with van der Waals surface area (Å²) in [6, 6.07) is 17.5. The largest absolute Gasteiger partial charge is 1.00 e. The van der Waals surface area contributed by atoms with Crippen LogP contribution in [0, 0.1) is 27.7 Å². The fraction of sp³-hybridized carbons (Fsp3) is 0.171. The van der Waals surface area contributed by atoms with Gasteiger partial charge in [0.1, 0.15) is 17.1 Å². The van der Waals surface area contributed by atoms with Crippen molar-refractivity contribution in [1.82, 2.24) is 44.9 Å². The van der Waals surface area contributed by atoms with Crippen LogP contribution in [0.4, 0.5) is 32.7 Å². The van der Waals surface area contributed by atoms with Crippen molar-refractivity contribution in [3.8, 4) is 34.2 Å². The molecule has 8 aromatic rings. The van der Waals surface area contributed by atoms with Crippen molar-refractivity contribution < 1.29 is 52.9 Å². The molecule has 0 bridgehead atoms. The van der Waals surface area contributed by atoms with E-state index in [1.54, 1.807) is 23.8 Å². The van der Waals surface area contributed by atoms with Crippen LogP contribution in [0.3, 0.4) is 0 Å². The molecule has 350 valence electrons. The Labute approximate surface area is 437 Å².